The van der Waals surface area contributed by atoms with Crippen LogP contribution in [-0.4, -0.2) is 18.8 Å². The van der Waals surface area contributed by atoms with Gasteiger partial charge in [-0.25, -0.2) is 0 Å². The lowest BCUT2D eigenvalue weighted by Gasteiger charge is -2.23. The van der Waals surface area contributed by atoms with Crippen molar-refractivity contribution in [3.05, 3.63) is 34.9 Å². The Labute approximate surface area is 106 Å². The molecule has 1 nitrogen and oxygen atoms in total. The van der Waals surface area contributed by atoms with E-state index in [-0.39, 0.29) is 6.42 Å². The van der Waals surface area contributed by atoms with Crippen molar-refractivity contribution in [2.45, 2.75) is 45.8 Å². The average molecular weight is 259 g/mol. The molecule has 0 heterocycles. The van der Waals surface area contributed by atoms with E-state index in [1.807, 2.05) is 39.0 Å². The topological polar surface area (TPSA) is 12.0 Å². The van der Waals surface area contributed by atoms with Crippen LogP contribution in [0.1, 0.15) is 30.0 Å². The molecule has 1 aromatic rings. The molecule has 0 amide bonds. The van der Waals surface area contributed by atoms with Crippen LogP contribution in [0.25, 0.3) is 0 Å². The van der Waals surface area contributed by atoms with E-state index >= 15 is 0 Å². The maximum absolute atomic E-state index is 12.9. The number of nitrogens with one attached hydrogen (secondary N) is 1. The Morgan fingerprint density at radius 3 is 2.17 bits per heavy atom. The molecule has 0 spiro atoms. The number of benzene rings is 1. The van der Waals surface area contributed by atoms with Crippen molar-refractivity contribution in [2.24, 2.45) is 0 Å². The molecule has 1 aromatic carbocycles. The van der Waals surface area contributed by atoms with Gasteiger partial charge in [-0.3, -0.25) is 0 Å². The second-order valence-corrected chi connectivity index (χ2v) is 4.62. The minimum absolute atomic E-state index is 0.00199. The average Bonchev–Trinajstić information content (AvgIpc) is 2.26. The molecular weight excluding hydrogens is 239 g/mol. The summed E-state index contributed by atoms with van der Waals surface area (Å²) in [4.78, 5) is 0. The zero-order valence-corrected chi connectivity index (χ0v) is 11.1. The van der Waals surface area contributed by atoms with E-state index in [4.69, 9.17) is 0 Å². The minimum atomic E-state index is -4.20. The Morgan fingerprint density at radius 1 is 1.17 bits per heavy atom. The largest absolute Gasteiger partial charge is 0.404 e. The molecule has 1 unspecified atom stereocenters. The van der Waals surface area contributed by atoms with Gasteiger partial charge in [0.25, 0.3) is 0 Å². The third-order valence-electron chi connectivity index (χ3n) is 3.09. The monoisotopic (exact) mass is 259 g/mol. The summed E-state index contributed by atoms with van der Waals surface area (Å²) < 4.78 is 38.8. The predicted molar refractivity (Wildman–Crippen MR) is 67.8 cm³/mol. The van der Waals surface area contributed by atoms with Crippen molar-refractivity contribution in [1.82, 2.24) is 5.32 Å². The summed E-state index contributed by atoms with van der Waals surface area (Å²) in [5.41, 5.74) is 2.63. The van der Waals surface area contributed by atoms with Crippen molar-refractivity contribution >= 4 is 0 Å². The first kappa shape index (κ1) is 15.0. The van der Waals surface area contributed by atoms with Gasteiger partial charge in [-0.05, 0) is 49.9 Å². The third kappa shape index (κ3) is 4.02. The van der Waals surface area contributed by atoms with Crippen LogP contribution < -0.4 is 5.32 Å². The van der Waals surface area contributed by atoms with Crippen LogP contribution in [0, 0.1) is 13.8 Å². The van der Waals surface area contributed by atoms with Crippen molar-refractivity contribution in [3.63, 3.8) is 0 Å². The summed E-state index contributed by atoms with van der Waals surface area (Å²) in [5, 5.41) is 2.59. The standard InChI is InChI=1S/C14H20F3N/c1-4-8-18-13(14(15,16)17)9-12-10(2)6-5-7-11(12)3/h5-7,13,18H,4,8-9H2,1-3H3. The lowest BCUT2D eigenvalue weighted by Crippen LogP contribution is -2.44. The van der Waals surface area contributed by atoms with Gasteiger partial charge in [-0.15, -0.1) is 0 Å². The van der Waals surface area contributed by atoms with E-state index < -0.39 is 12.2 Å². The minimum Gasteiger partial charge on any atom is -0.306 e. The molecule has 0 fully saturated rings. The van der Waals surface area contributed by atoms with Crippen LogP contribution in [-0.2, 0) is 6.42 Å². The number of alkyl halides is 3. The fraction of sp³-hybridized carbons (Fsp3) is 0.571. The van der Waals surface area contributed by atoms with Gasteiger partial charge in [-0.1, -0.05) is 25.1 Å². The Morgan fingerprint density at radius 2 is 1.72 bits per heavy atom. The second kappa shape index (κ2) is 6.23. The summed E-state index contributed by atoms with van der Waals surface area (Å²) in [6.45, 7) is 5.96. The highest BCUT2D eigenvalue weighted by molar-refractivity contribution is 5.34. The first-order valence-corrected chi connectivity index (χ1v) is 6.21. The smallest absolute Gasteiger partial charge is 0.306 e. The molecule has 102 valence electrons. The molecule has 0 saturated carbocycles. The summed E-state index contributed by atoms with van der Waals surface area (Å²) in [7, 11) is 0. The van der Waals surface area contributed by atoms with Crippen molar-refractivity contribution in [2.75, 3.05) is 6.54 Å². The molecule has 0 radical (unpaired) electrons. The highest BCUT2D eigenvalue weighted by Gasteiger charge is 2.39. The van der Waals surface area contributed by atoms with Crippen molar-refractivity contribution in [1.29, 1.82) is 0 Å². The molecule has 0 aliphatic heterocycles. The SMILES string of the molecule is CCCNC(Cc1c(C)cccc1C)C(F)(F)F. The van der Waals surface area contributed by atoms with E-state index in [1.54, 1.807) is 0 Å². The molecule has 1 rings (SSSR count). The van der Waals surface area contributed by atoms with E-state index in [0.29, 0.717) is 13.0 Å². The third-order valence-corrected chi connectivity index (χ3v) is 3.09. The van der Waals surface area contributed by atoms with Gasteiger partial charge in [0, 0.05) is 0 Å². The molecule has 0 aliphatic rings. The lowest BCUT2D eigenvalue weighted by atomic mass is 9.96. The quantitative estimate of drug-likeness (QED) is 0.848. The Hall–Kier alpha value is -1.03. The number of hydrogen-bond donors (Lipinski definition) is 1. The van der Waals surface area contributed by atoms with Crippen LogP contribution in [0.3, 0.4) is 0 Å². The van der Waals surface area contributed by atoms with Crippen molar-refractivity contribution in [3.8, 4) is 0 Å². The zero-order chi connectivity index (χ0) is 13.8. The van der Waals surface area contributed by atoms with Crippen LogP contribution >= 0.6 is 0 Å². The summed E-state index contributed by atoms with van der Waals surface area (Å²) in [5.74, 6) is 0. The highest BCUT2D eigenvalue weighted by atomic mass is 19.4. The Bertz CT molecular complexity index is 365. The van der Waals surface area contributed by atoms with E-state index in [0.717, 1.165) is 16.7 Å². The number of hydrogen-bond acceptors (Lipinski definition) is 1. The van der Waals surface area contributed by atoms with Gasteiger partial charge in [-0.2, -0.15) is 13.2 Å². The van der Waals surface area contributed by atoms with Crippen LogP contribution in [0.15, 0.2) is 18.2 Å². The number of rotatable bonds is 5. The normalized spacial score (nSPS) is 13.7. The fourth-order valence-corrected chi connectivity index (χ4v) is 2.00. The van der Waals surface area contributed by atoms with Gasteiger partial charge in [0.2, 0.25) is 0 Å². The molecule has 4 heteroatoms. The zero-order valence-electron chi connectivity index (χ0n) is 11.1. The number of aryl methyl sites for hydroxylation is 2. The van der Waals surface area contributed by atoms with Gasteiger partial charge in [0.1, 0.15) is 6.04 Å². The molecule has 1 atom stereocenters. The van der Waals surface area contributed by atoms with E-state index in [9.17, 15) is 13.2 Å². The second-order valence-electron chi connectivity index (χ2n) is 4.62. The van der Waals surface area contributed by atoms with Crippen LogP contribution in [0.2, 0.25) is 0 Å². The van der Waals surface area contributed by atoms with Gasteiger partial charge in [0.05, 0.1) is 0 Å². The first-order valence-electron chi connectivity index (χ1n) is 6.21. The summed E-state index contributed by atoms with van der Waals surface area (Å²) in [6, 6.07) is 4.12. The molecule has 0 aliphatic carbocycles. The van der Waals surface area contributed by atoms with Crippen LogP contribution in [0.5, 0.6) is 0 Å². The predicted octanol–water partition coefficient (Wildman–Crippen LogP) is 3.78. The molecule has 0 saturated heterocycles. The maximum atomic E-state index is 12.9. The first-order chi connectivity index (χ1) is 8.36. The Balaban J connectivity index is 2.89. The molecule has 18 heavy (non-hydrogen) atoms. The fourth-order valence-electron chi connectivity index (χ4n) is 2.00. The number of halogens is 3. The molecular formula is C14H20F3N. The van der Waals surface area contributed by atoms with E-state index in [2.05, 4.69) is 5.32 Å². The Kier molecular flexibility index (Phi) is 5.20. The summed E-state index contributed by atoms with van der Waals surface area (Å²) in [6.07, 6.45) is -3.51. The van der Waals surface area contributed by atoms with E-state index in [1.165, 1.54) is 0 Å². The molecule has 0 aromatic heterocycles. The van der Waals surface area contributed by atoms with Gasteiger partial charge >= 0.3 is 6.18 Å². The van der Waals surface area contributed by atoms with Crippen molar-refractivity contribution < 1.29 is 13.2 Å². The van der Waals surface area contributed by atoms with Crippen LogP contribution in [0.4, 0.5) is 13.2 Å². The highest BCUT2D eigenvalue weighted by Crippen LogP contribution is 2.25. The molecule has 1 N–H and O–H groups in total. The summed E-state index contributed by atoms with van der Waals surface area (Å²) >= 11 is 0. The van der Waals surface area contributed by atoms with Gasteiger partial charge in [0.15, 0.2) is 0 Å². The molecule has 0 bridgehead atoms. The maximum Gasteiger partial charge on any atom is 0.404 e. The van der Waals surface area contributed by atoms with Gasteiger partial charge < -0.3 is 5.32 Å². The lowest BCUT2D eigenvalue weighted by molar-refractivity contribution is -0.155.